The van der Waals surface area contributed by atoms with Gasteiger partial charge >= 0.3 is 0 Å². The van der Waals surface area contributed by atoms with Crippen molar-refractivity contribution in [3.63, 3.8) is 0 Å². The third-order valence-electron chi connectivity index (χ3n) is 3.97. The molecule has 2 unspecified atom stereocenters. The molecule has 0 aliphatic heterocycles. The lowest BCUT2D eigenvalue weighted by atomic mass is 10.1. The van der Waals surface area contributed by atoms with E-state index in [2.05, 4.69) is 34.6 Å². The van der Waals surface area contributed by atoms with Gasteiger partial charge in [0.15, 0.2) is 0 Å². The van der Waals surface area contributed by atoms with Crippen LogP contribution in [0.25, 0.3) is 10.9 Å². The number of benzene rings is 1. The fourth-order valence-corrected chi connectivity index (χ4v) is 2.86. The first-order chi connectivity index (χ1) is 8.83. The Morgan fingerprint density at radius 3 is 3.06 bits per heavy atom. The van der Waals surface area contributed by atoms with Gasteiger partial charge in [-0.05, 0) is 41.8 Å². The highest BCUT2D eigenvalue weighted by Crippen LogP contribution is 2.24. The maximum Gasteiger partial charge on any atom is 0.0580 e. The monoisotopic (exact) mass is 244 g/mol. The van der Waals surface area contributed by atoms with E-state index >= 15 is 0 Å². The van der Waals surface area contributed by atoms with Crippen molar-refractivity contribution in [1.29, 1.82) is 0 Å². The highest BCUT2D eigenvalue weighted by atomic mass is 16.3. The highest BCUT2D eigenvalue weighted by Gasteiger charge is 2.24. The van der Waals surface area contributed by atoms with Gasteiger partial charge in [-0.15, -0.1) is 0 Å². The summed E-state index contributed by atoms with van der Waals surface area (Å²) < 4.78 is 0. The van der Waals surface area contributed by atoms with Gasteiger partial charge in [-0.25, -0.2) is 0 Å². The molecule has 0 saturated heterocycles. The SMILES string of the molecule is OC1CCCC1CNCc1ccc2cc[nH]c2c1. The second-order valence-corrected chi connectivity index (χ2v) is 5.29. The van der Waals surface area contributed by atoms with E-state index in [0.717, 1.165) is 25.9 Å². The van der Waals surface area contributed by atoms with Crippen molar-refractivity contribution in [3.8, 4) is 0 Å². The van der Waals surface area contributed by atoms with Gasteiger partial charge in [0, 0.05) is 24.8 Å². The molecule has 1 aliphatic carbocycles. The van der Waals surface area contributed by atoms with Crippen LogP contribution < -0.4 is 5.32 Å². The van der Waals surface area contributed by atoms with Gasteiger partial charge in [-0.1, -0.05) is 18.6 Å². The van der Waals surface area contributed by atoms with Gasteiger partial charge < -0.3 is 15.4 Å². The van der Waals surface area contributed by atoms with E-state index in [1.807, 2.05) is 6.20 Å². The number of hydrogen-bond acceptors (Lipinski definition) is 2. The van der Waals surface area contributed by atoms with Crippen LogP contribution in [0.15, 0.2) is 30.5 Å². The van der Waals surface area contributed by atoms with Crippen LogP contribution in [0.3, 0.4) is 0 Å². The average Bonchev–Trinajstić information content (AvgIpc) is 2.98. The number of rotatable bonds is 4. The first-order valence-corrected chi connectivity index (χ1v) is 6.78. The first kappa shape index (κ1) is 11.8. The molecule has 3 heteroatoms. The van der Waals surface area contributed by atoms with Crippen LogP contribution in [0.2, 0.25) is 0 Å². The van der Waals surface area contributed by atoms with Gasteiger partial charge in [-0.3, -0.25) is 0 Å². The summed E-state index contributed by atoms with van der Waals surface area (Å²) in [5.74, 6) is 0.444. The minimum absolute atomic E-state index is 0.0941. The number of aliphatic hydroxyl groups is 1. The molecule has 1 saturated carbocycles. The number of hydrogen-bond donors (Lipinski definition) is 3. The maximum atomic E-state index is 9.75. The van der Waals surface area contributed by atoms with E-state index in [1.54, 1.807) is 0 Å². The van der Waals surface area contributed by atoms with Crippen LogP contribution in [0.5, 0.6) is 0 Å². The van der Waals surface area contributed by atoms with Crippen LogP contribution in [0.4, 0.5) is 0 Å². The smallest absolute Gasteiger partial charge is 0.0580 e. The van der Waals surface area contributed by atoms with Crippen molar-refractivity contribution in [2.75, 3.05) is 6.54 Å². The maximum absolute atomic E-state index is 9.75. The van der Waals surface area contributed by atoms with Gasteiger partial charge in [0.2, 0.25) is 0 Å². The van der Waals surface area contributed by atoms with Gasteiger partial charge in [0.1, 0.15) is 0 Å². The number of aliphatic hydroxyl groups excluding tert-OH is 1. The molecule has 3 N–H and O–H groups in total. The summed E-state index contributed by atoms with van der Waals surface area (Å²) in [6.45, 7) is 1.79. The lowest BCUT2D eigenvalue weighted by molar-refractivity contribution is 0.131. The predicted molar refractivity (Wildman–Crippen MR) is 73.4 cm³/mol. The van der Waals surface area contributed by atoms with Crippen molar-refractivity contribution in [1.82, 2.24) is 10.3 Å². The summed E-state index contributed by atoms with van der Waals surface area (Å²) in [6, 6.07) is 8.58. The third-order valence-corrected chi connectivity index (χ3v) is 3.97. The zero-order chi connectivity index (χ0) is 12.4. The van der Waals surface area contributed by atoms with Crippen molar-refractivity contribution < 1.29 is 5.11 Å². The molecule has 96 valence electrons. The molecule has 1 aromatic heterocycles. The Hall–Kier alpha value is -1.32. The number of aromatic amines is 1. The molecular weight excluding hydrogens is 224 g/mol. The summed E-state index contributed by atoms with van der Waals surface area (Å²) in [5.41, 5.74) is 2.48. The Morgan fingerprint density at radius 2 is 2.22 bits per heavy atom. The minimum Gasteiger partial charge on any atom is -0.393 e. The standard InChI is InChI=1S/C15H20N2O/c18-15-3-1-2-13(15)10-16-9-11-4-5-12-6-7-17-14(12)8-11/h4-8,13,15-18H,1-3,9-10H2. The molecule has 18 heavy (non-hydrogen) atoms. The molecule has 0 radical (unpaired) electrons. The van der Waals surface area contributed by atoms with E-state index < -0.39 is 0 Å². The Morgan fingerprint density at radius 1 is 1.28 bits per heavy atom. The Bertz CT molecular complexity index is 520. The van der Waals surface area contributed by atoms with Crippen molar-refractivity contribution in [2.45, 2.75) is 31.9 Å². The molecule has 0 bridgehead atoms. The third kappa shape index (κ3) is 2.42. The Kier molecular flexibility index (Phi) is 3.35. The summed E-state index contributed by atoms with van der Waals surface area (Å²) in [5, 5.41) is 14.5. The molecule has 0 spiro atoms. The van der Waals surface area contributed by atoms with Crippen LogP contribution in [-0.2, 0) is 6.54 Å². The molecule has 1 aliphatic rings. The van der Waals surface area contributed by atoms with Crippen molar-refractivity contribution in [3.05, 3.63) is 36.0 Å². The molecule has 2 aromatic rings. The normalized spacial score (nSPS) is 23.8. The summed E-state index contributed by atoms with van der Waals surface area (Å²) in [7, 11) is 0. The fourth-order valence-electron chi connectivity index (χ4n) is 2.86. The van der Waals surface area contributed by atoms with Crippen LogP contribution in [-0.4, -0.2) is 22.7 Å². The molecule has 1 aromatic carbocycles. The zero-order valence-electron chi connectivity index (χ0n) is 10.5. The Balaban J connectivity index is 1.56. The molecular formula is C15H20N2O. The first-order valence-electron chi connectivity index (χ1n) is 6.78. The predicted octanol–water partition coefficient (Wildman–Crippen LogP) is 2.42. The molecule has 2 atom stereocenters. The van der Waals surface area contributed by atoms with Crippen LogP contribution in [0, 0.1) is 5.92 Å². The number of aromatic nitrogens is 1. The van der Waals surface area contributed by atoms with Crippen molar-refractivity contribution in [2.24, 2.45) is 5.92 Å². The molecule has 0 amide bonds. The van der Waals surface area contributed by atoms with Crippen LogP contribution >= 0.6 is 0 Å². The molecule has 3 rings (SSSR count). The van der Waals surface area contributed by atoms with E-state index in [0.29, 0.717) is 5.92 Å². The highest BCUT2D eigenvalue weighted by molar-refractivity contribution is 5.79. The zero-order valence-corrected chi connectivity index (χ0v) is 10.5. The van der Waals surface area contributed by atoms with Gasteiger partial charge in [0.25, 0.3) is 0 Å². The van der Waals surface area contributed by atoms with Crippen molar-refractivity contribution >= 4 is 10.9 Å². The number of fused-ring (bicyclic) bond motifs is 1. The largest absolute Gasteiger partial charge is 0.393 e. The Labute approximate surface area is 107 Å². The van der Waals surface area contributed by atoms with E-state index in [4.69, 9.17) is 0 Å². The summed E-state index contributed by atoms with van der Waals surface area (Å²) in [6.07, 6.45) is 5.17. The molecule has 3 nitrogen and oxygen atoms in total. The van der Waals surface area contributed by atoms with E-state index in [-0.39, 0.29) is 6.10 Å². The molecule has 1 heterocycles. The van der Waals surface area contributed by atoms with Crippen LogP contribution in [0.1, 0.15) is 24.8 Å². The van der Waals surface area contributed by atoms with E-state index in [9.17, 15) is 5.11 Å². The fraction of sp³-hybridized carbons (Fsp3) is 0.467. The molecule has 1 fully saturated rings. The van der Waals surface area contributed by atoms with Gasteiger partial charge in [0.05, 0.1) is 6.10 Å². The lowest BCUT2D eigenvalue weighted by Crippen LogP contribution is -2.27. The quantitative estimate of drug-likeness (QED) is 0.773. The summed E-state index contributed by atoms with van der Waals surface area (Å²) >= 11 is 0. The summed E-state index contributed by atoms with van der Waals surface area (Å²) in [4.78, 5) is 3.23. The second-order valence-electron chi connectivity index (χ2n) is 5.29. The second kappa shape index (κ2) is 5.12. The number of nitrogens with one attached hydrogen (secondary N) is 2. The number of H-pyrrole nitrogens is 1. The average molecular weight is 244 g/mol. The van der Waals surface area contributed by atoms with Gasteiger partial charge in [-0.2, -0.15) is 0 Å². The minimum atomic E-state index is -0.0941. The van der Waals surface area contributed by atoms with E-state index in [1.165, 1.54) is 22.9 Å². The lowest BCUT2D eigenvalue weighted by Gasteiger charge is -2.15. The topological polar surface area (TPSA) is 48.0 Å².